The van der Waals surface area contributed by atoms with E-state index < -0.39 is 6.10 Å². The van der Waals surface area contributed by atoms with Crippen molar-refractivity contribution in [2.45, 2.75) is 20.0 Å². The minimum absolute atomic E-state index is 0.108. The molecular weight excluding hydrogens is 372 g/mol. The number of nitrogens with one attached hydrogen (secondary N) is 1. The highest BCUT2D eigenvalue weighted by atomic mass is 16.5. The predicted octanol–water partition coefficient (Wildman–Crippen LogP) is 3.49. The van der Waals surface area contributed by atoms with Crippen LogP contribution in [0, 0.1) is 0 Å². The van der Waals surface area contributed by atoms with Crippen molar-refractivity contribution in [3.05, 3.63) is 48.0 Å². The number of anilines is 2. The Morgan fingerprint density at radius 2 is 2.03 bits per heavy atom. The molecule has 2 aromatic rings. The van der Waals surface area contributed by atoms with Gasteiger partial charge in [-0.25, -0.2) is 0 Å². The van der Waals surface area contributed by atoms with E-state index in [1.54, 1.807) is 62.4 Å². The molecule has 1 unspecified atom stereocenters. The highest BCUT2D eigenvalue weighted by Gasteiger charge is 2.28. The molecule has 1 N–H and O–H groups in total. The Morgan fingerprint density at radius 3 is 2.76 bits per heavy atom. The average Bonchev–Trinajstić information content (AvgIpc) is 2.71. The zero-order chi connectivity index (χ0) is 21.0. The van der Waals surface area contributed by atoms with Gasteiger partial charge in [-0.1, -0.05) is 6.07 Å². The van der Waals surface area contributed by atoms with Crippen molar-refractivity contribution < 1.29 is 23.8 Å². The lowest BCUT2D eigenvalue weighted by molar-refractivity contribution is -0.125. The monoisotopic (exact) mass is 396 g/mol. The summed E-state index contributed by atoms with van der Waals surface area (Å²) in [6.45, 7) is 4.14. The smallest absolute Gasteiger partial charge is 0.267 e. The summed E-state index contributed by atoms with van der Waals surface area (Å²) in [5.74, 6) is 1.42. The Hall–Kier alpha value is -3.48. The molecule has 1 heterocycles. The number of nitrogens with zero attached hydrogens (tertiary/aromatic N) is 1. The first-order valence-electron chi connectivity index (χ1n) is 9.31. The summed E-state index contributed by atoms with van der Waals surface area (Å²) in [4.78, 5) is 25.8. The predicted molar refractivity (Wildman–Crippen MR) is 112 cm³/mol. The first kappa shape index (κ1) is 20.3. The highest BCUT2D eigenvalue weighted by Crippen LogP contribution is 2.35. The number of hydrogen-bond donors (Lipinski definition) is 1. The summed E-state index contributed by atoms with van der Waals surface area (Å²) in [5, 5.41) is 2.80. The van der Waals surface area contributed by atoms with Gasteiger partial charge >= 0.3 is 0 Å². The van der Waals surface area contributed by atoms with E-state index in [-0.39, 0.29) is 11.8 Å². The zero-order valence-electron chi connectivity index (χ0n) is 16.9. The number of methoxy groups -OCH3 is 1. The molecule has 0 saturated carbocycles. The summed E-state index contributed by atoms with van der Waals surface area (Å²) in [6.07, 6.45) is 2.57. The van der Waals surface area contributed by atoms with Crippen molar-refractivity contribution in [2.24, 2.45) is 0 Å². The molecule has 1 atom stereocenters. The van der Waals surface area contributed by atoms with E-state index in [1.807, 2.05) is 13.0 Å². The molecule has 2 aromatic carbocycles. The van der Waals surface area contributed by atoms with Crippen LogP contribution in [-0.4, -0.2) is 38.7 Å². The Kier molecular flexibility index (Phi) is 6.07. The van der Waals surface area contributed by atoms with Crippen LogP contribution < -0.4 is 24.4 Å². The maximum absolute atomic E-state index is 12.3. The van der Waals surface area contributed by atoms with E-state index in [4.69, 9.17) is 14.2 Å². The van der Waals surface area contributed by atoms with Gasteiger partial charge < -0.3 is 24.4 Å². The van der Waals surface area contributed by atoms with Gasteiger partial charge in [0.1, 0.15) is 5.75 Å². The van der Waals surface area contributed by atoms with E-state index in [0.717, 1.165) is 5.56 Å². The fraction of sp³-hybridized carbons (Fsp3) is 0.273. The number of ether oxygens (including phenoxy) is 3. The minimum Gasteiger partial charge on any atom is -0.493 e. The molecule has 29 heavy (non-hydrogen) atoms. The molecule has 0 radical (unpaired) electrons. The maximum Gasteiger partial charge on any atom is 0.267 e. The molecule has 152 valence electrons. The summed E-state index contributed by atoms with van der Waals surface area (Å²) >= 11 is 0. The minimum atomic E-state index is -0.562. The quantitative estimate of drug-likeness (QED) is 0.757. The van der Waals surface area contributed by atoms with Gasteiger partial charge in [-0.2, -0.15) is 0 Å². The number of hydrogen-bond acceptors (Lipinski definition) is 5. The van der Waals surface area contributed by atoms with Gasteiger partial charge in [0.25, 0.3) is 5.91 Å². The lowest BCUT2D eigenvalue weighted by atomic mass is 10.1. The van der Waals surface area contributed by atoms with Crippen molar-refractivity contribution in [3.8, 4) is 17.2 Å². The van der Waals surface area contributed by atoms with Crippen molar-refractivity contribution >= 4 is 29.3 Å². The van der Waals surface area contributed by atoms with Crippen LogP contribution in [0.4, 0.5) is 11.4 Å². The Bertz CT molecular complexity index is 954. The van der Waals surface area contributed by atoms with E-state index in [2.05, 4.69) is 5.32 Å². The molecule has 2 amide bonds. The number of carbonyl (C=O) groups is 2. The largest absolute Gasteiger partial charge is 0.493 e. The third kappa shape index (κ3) is 4.51. The second-order valence-electron chi connectivity index (χ2n) is 6.51. The number of carbonyl (C=O) groups excluding carboxylic acids is 2. The number of fused-ring (bicyclic) bond motifs is 1. The van der Waals surface area contributed by atoms with Gasteiger partial charge in [0.15, 0.2) is 17.6 Å². The number of amides is 2. The van der Waals surface area contributed by atoms with Gasteiger partial charge in [0.05, 0.1) is 19.4 Å². The molecule has 3 rings (SSSR count). The fourth-order valence-electron chi connectivity index (χ4n) is 3.01. The maximum atomic E-state index is 12.3. The van der Waals surface area contributed by atoms with E-state index in [1.165, 1.54) is 6.08 Å². The van der Waals surface area contributed by atoms with Crippen molar-refractivity contribution in [3.63, 3.8) is 0 Å². The van der Waals surface area contributed by atoms with Gasteiger partial charge in [-0.15, -0.1) is 0 Å². The van der Waals surface area contributed by atoms with Crippen LogP contribution in [-0.2, 0) is 9.59 Å². The van der Waals surface area contributed by atoms with Gasteiger partial charge in [0, 0.05) is 24.9 Å². The van der Waals surface area contributed by atoms with Crippen LogP contribution in [0.1, 0.15) is 19.4 Å². The number of likely N-dealkylation sites (N-methyl/N-ethyl adjacent to an activating group) is 1. The van der Waals surface area contributed by atoms with E-state index in [0.29, 0.717) is 35.2 Å². The Morgan fingerprint density at radius 1 is 1.24 bits per heavy atom. The summed E-state index contributed by atoms with van der Waals surface area (Å²) in [6, 6.07) is 10.6. The molecule has 0 bridgehead atoms. The summed E-state index contributed by atoms with van der Waals surface area (Å²) in [5.41, 5.74) is 2.06. The lowest BCUT2D eigenvalue weighted by Crippen LogP contribution is -2.41. The van der Waals surface area contributed by atoms with Gasteiger partial charge in [-0.3, -0.25) is 9.59 Å². The molecular formula is C22H24N2O5. The molecule has 0 aromatic heterocycles. The molecule has 0 saturated heterocycles. The van der Waals surface area contributed by atoms with Crippen LogP contribution in [0.3, 0.4) is 0 Å². The summed E-state index contributed by atoms with van der Waals surface area (Å²) < 4.78 is 16.4. The van der Waals surface area contributed by atoms with Crippen LogP contribution in [0.25, 0.3) is 6.08 Å². The van der Waals surface area contributed by atoms with Crippen LogP contribution >= 0.6 is 0 Å². The first-order chi connectivity index (χ1) is 13.9. The zero-order valence-corrected chi connectivity index (χ0v) is 16.9. The van der Waals surface area contributed by atoms with Crippen LogP contribution in [0.2, 0.25) is 0 Å². The van der Waals surface area contributed by atoms with Gasteiger partial charge in [0.2, 0.25) is 5.91 Å². The SMILES string of the molecule is CCOc1ccc(/C=C/C(=O)Nc2ccc3c(c2)OC(C)C(=O)N3C)cc1OC. The Balaban J connectivity index is 1.70. The van der Waals surface area contributed by atoms with Crippen molar-refractivity contribution in [2.75, 3.05) is 31.0 Å². The Labute approximate surface area is 169 Å². The third-order valence-electron chi connectivity index (χ3n) is 4.49. The molecule has 1 aliphatic heterocycles. The van der Waals surface area contributed by atoms with E-state index >= 15 is 0 Å². The van der Waals surface area contributed by atoms with E-state index in [9.17, 15) is 9.59 Å². The second-order valence-corrected chi connectivity index (χ2v) is 6.51. The average molecular weight is 396 g/mol. The van der Waals surface area contributed by atoms with Crippen molar-refractivity contribution in [1.29, 1.82) is 0 Å². The molecule has 0 aliphatic carbocycles. The van der Waals surface area contributed by atoms with Gasteiger partial charge in [-0.05, 0) is 49.8 Å². The third-order valence-corrected chi connectivity index (χ3v) is 4.49. The number of benzene rings is 2. The molecule has 7 nitrogen and oxygen atoms in total. The first-order valence-corrected chi connectivity index (χ1v) is 9.31. The second kappa shape index (κ2) is 8.68. The molecule has 7 heteroatoms. The molecule has 0 fully saturated rings. The summed E-state index contributed by atoms with van der Waals surface area (Å²) in [7, 11) is 3.27. The highest BCUT2D eigenvalue weighted by molar-refractivity contribution is 6.03. The van der Waals surface area contributed by atoms with Crippen LogP contribution in [0.15, 0.2) is 42.5 Å². The van der Waals surface area contributed by atoms with Crippen molar-refractivity contribution in [1.82, 2.24) is 0 Å². The van der Waals surface area contributed by atoms with Crippen LogP contribution in [0.5, 0.6) is 17.2 Å². The normalized spacial score (nSPS) is 15.7. The standard InChI is InChI=1S/C22H24N2O5/c1-5-28-18-10-6-15(12-20(18)27-4)7-11-21(25)23-16-8-9-17-19(13-16)29-14(2)22(26)24(17)3/h6-14H,5H2,1-4H3,(H,23,25)/b11-7+. The molecule has 1 aliphatic rings. The fourth-order valence-corrected chi connectivity index (χ4v) is 3.01. The topological polar surface area (TPSA) is 77.1 Å². The molecule has 0 spiro atoms. The lowest BCUT2D eigenvalue weighted by Gasteiger charge is -2.30. The number of rotatable bonds is 6.